The molecule has 0 aliphatic carbocycles. The van der Waals surface area contributed by atoms with Crippen LogP contribution in [0.5, 0.6) is 0 Å². The average Bonchev–Trinajstić information content (AvgIpc) is 2.90. The Balaban J connectivity index is 2.51. The first-order valence-corrected chi connectivity index (χ1v) is 12.6. The van der Waals surface area contributed by atoms with Gasteiger partial charge < -0.3 is 25.0 Å². The van der Waals surface area contributed by atoms with Crippen LogP contribution in [0.2, 0.25) is 0 Å². The third-order valence-electron chi connectivity index (χ3n) is 5.69. The topological polar surface area (TPSA) is 138 Å². The number of methoxy groups -OCH3 is 1. The summed E-state index contributed by atoms with van der Waals surface area (Å²) in [5, 5.41) is 14.7. The number of ether oxygens (including phenoxy) is 2. The third kappa shape index (κ3) is 9.78. The second-order valence-electron chi connectivity index (χ2n) is 9.80. The van der Waals surface area contributed by atoms with Gasteiger partial charge in [-0.1, -0.05) is 61.5 Å². The number of hydrogen-bond acceptors (Lipinski definition) is 7. The summed E-state index contributed by atoms with van der Waals surface area (Å²) in [6, 6.07) is 15.6. The van der Waals surface area contributed by atoms with Crippen LogP contribution in [0.4, 0.5) is 4.79 Å². The number of rotatable bonds is 11. The molecule has 10 nitrogen and oxygen atoms in total. The lowest BCUT2D eigenvalue weighted by molar-refractivity contribution is -0.144. The van der Waals surface area contributed by atoms with Crippen LogP contribution >= 0.6 is 0 Å². The maximum absolute atomic E-state index is 14.0. The number of amides is 3. The molecule has 0 radical (unpaired) electrons. The van der Waals surface area contributed by atoms with Gasteiger partial charge in [-0.05, 0) is 43.9 Å². The highest BCUT2D eigenvalue weighted by atomic mass is 16.6. The lowest BCUT2D eigenvalue weighted by Crippen LogP contribution is -2.54. The summed E-state index contributed by atoms with van der Waals surface area (Å²) in [4.78, 5) is 52.9. The molecule has 10 heteroatoms. The molecular formula is C29H36N4O6. The number of carbonyl (C=O) groups is 4. The van der Waals surface area contributed by atoms with Crippen molar-refractivity contribution in [1.29, 1.82) is 5.26 Å². The molecule has 2 atom stereocenters. The molecule has 208 valence electrons. The van der Waals surface area contributed by atoms with Crippen molar-refractivity contribution >= 4 is 23.9 Å². The fraction of sp³-hybridized carbons (Fsp3) is 0.414. The number of aryl methyl sites for hydroxylation is 1. The van der Waals surface area contributed by atoms with Crippen molar-refractivity contribution in [2.24, 2.45) is 0 Å². The standard InChI is InChI=1S/C29H36N4O6/c1-6-20-12-14-22(15-13-20)25(26(35)31-19-24(34)38-5)33(17-16-30)27(36)23(18-21-10-8-7-9-11-21)32-28(37)39-29(2,3)4/h7-15,23,25H,6,17-19H2,1-5H3,(H,31,35)(H,32,37). The van der Waals surface area contributed by atoms with Gasteiger partial charge in [-0.3, -0.25) is 14.4 Å². The predicted molar refractivity (Wildman–Crippen MR) is 144 cm³/mol. The monoisotopic (exact) mass is 536 g/mol. The second kappa shape index (κ2) is 14.5. The Bertz CT molecular complexity index is 1170. The molecule has 0 aliphatic heterocycles. The van der Waals surface area contributed by atoms with Crippen molar-refractivity contribution in [3.8, 4) is 6.07 Å². The lowest BCUT2D eigenvalue weighted by atomic mass is 9.99. The summed E-state index contributed by atoms with van der Waals surface area (Å²) in [5.74, 6) is -2.01. The SMILES string of the molecule is CCc1ccc(C(C(=O)NCC(=O)OC)N(CC#N)C(=O)C(Cc2ccccc2)NC(=O)OC(C)(C)C)cc1. The van der Waals surface area contributed by atoms with Crippen molar-refractivity contribution in [1.82, 2.24) is 15.5 Å². The maximum Gasteiger partial charge on any atom is 0.408 e. The van der Waals surface area contributed by atoms with E-state index in [1.54, 1.807) is 57.2 Å². The molecule has 39 heavy (non-hydrogen) atoms. The third-order valence-corrected chi connectivity index (χ3v) is 5.69. The van der Waals surface area contributed by atoms with E-state index in [1.807, 2.05) is 31.2 Å². The van der Waals surface area contributed by atoms with Gasteiger partial charge in [-0.2, -0.15) is 5.26 Å². The van der Waals surface area contributed by atoms with E-state index in [0.29, 0.717) is 5.56 Å². The molecule has 0 heterocycles. The van der Waals surface area contributed by atoms with E-state index < -0.39 is 54.7 Å². The van der Waals surface area contributed by atoms with Crippen molar-refractivity contribution in [3.63, 3.8) is 0 Å². The molecule has 0 fully saturated rings. The molecule has 2 N–H and O–H groups in total. The van der Waals surface area contributed by atoms with Crippen LogP contribution < -0.4 is 10.6 Å². The Hall–Kier alpha value is -4.39. The summed E-state index contributed by atoms with van der Waals surface area (Å²) >= 11 is 0. The number of hydrogen-bond donors (Lipinski definition) is 2. The van der Waals surface area contributed by atoms with Gasteiger partial charge in [-0.15, -0.1) is 0 Å². The van der Waals surface area contributed by atoms with Crippen LogP contribution in [-0.4, -0.2) is 60.6 Å². The Morgan fingerprint density at radius 2 is 1.64 bits per heavy atom. The minimum Gasteiger partial charge on any atom is -0.468 e. The van der Waals surface area contributed by atoms with E-state index >= 15 is 0 Å². The minimum atomic E-state index is -1.26. The average molecular weight is 537 g/mol. The molecule has 0 spiro atoms. The molecule has 0 aliphatic rings. The quantitative estimate of drug-likeness (QED) is 0.332. The number of carbonyl (C=O) groups excluding carboxylic acids is 4. The first kappa shape index (κ1) is 30.8. The zero-order valence-electron chi connectivity index (χ0n) is 23.0. The van der Waals surface area contributed by atoms with Gasteiger partial charge in [0.05, 0.1) is 13.2 Å². The molecule has 0 saturated heterocycles. The number of nitriles is 1. The van der Waals surface area contributed by atoms with E-state index in [1.165, 1.54) is 7.11 Å². The zero-order chi connectivity index (χ0) is 29.0. The normalized spacial score (nSPS) is 12.3. The summed E-state index contributed by atoms with van der Waals surface area (Å²) in [7, 11) is 1.19. The highest BCUT2D eigenvalue weighted by Gasteiger charge is 2.36. The van der Waals surface area contributed by atoms with Crippen molar-refractivity contribution in [2.75, 3.05) is 20.2 Å². The highest BCUT2D eigenvalue weighted by molar-refractivity contribution is 5.93. The number of nitrogens with zero attached hydrogens (tertiary/aromatic N) is 2. The predicted octanol–water partition coefficient (Wildman–Crippen LogP) is 3.07. The molecule has 0 aromatic heterocycles. The number of nitrogens with one attached hydrogen (secondary N) is 2. The number of alkyl carbamates (subject to hydrolysis) is 1. The van der Waals surface area contributed by atoms with Gasteiger partial charge in [0.25, 0.3) is 0 Å². The first-order chi connectivity index (χ1) is 18.5. The molecule has 2 aromatic rings. The van der Waals surface area contributed by atoms with E-state index in [4.69, 9.17) is 4.74 Å². The summed E-state index contributed by atoms with van der Waals surface area (Å²) < 4.78 is 9.99. The van der Waals surface area contributed by atoms with E-state index in [2.05, 4.69) is 15.4 Å². The molecule has 2 rings (SSSR count). The van der Waals surface area contributed by atoms with E-state index in [9.17, 15) is 24.4 Å². The Morgan fingerprint density at radius 1 is 1.00 bits per heavy atom. The smallest absolute Gasteiger partial charge is 0.408 e. The number of benzene rings is 2. The van der Waals surface area contributed by atoms with E-state index in [0.717, 1.165) is 22.4 Å². The largest absolute Gasteiger partial charge is 0.468 e. The summed E-state index contributed by atoms with van der Waals surface area (Å²) in [5.41, 5.74) is 1.39. The Labute approximate surface area is 229 Å². The van der Waals surface area contributed by atoms with Gasteiger partial charge in [0, 0.05) is 6.42 Å². The summed E-state index contributed by atoms with van der Waals surface area (Å²) in [6.45, 7) is 6.21. The van der Waals surface area contributed by atoms with Crippen molar-refractivity contribution in [3.05, 3.63) is 71.3 Å². The minimum absolute atomic E-state index is 0.0894. The van der Waals surface area contributed by atoms with E-state index in [-0.39, 0.29) is 6.42 Å². The van der Waals surface area contributed by atoms with Gasteiger partial charge in [0.15, 0.2) is 0 Å². The molecular weight excluding hydrogens is 500 g/mol. The van der Waals surface area contributed by atoms with Crippen molar-refractivity contribution < 1.29 is 28.7 Å². The highest BCUT2D eigenvalue weighted by Crippen LogP contribution is 2.24. The fourth-order valence-corrected chi connectivity index (χ4v) is 3.81. The molecule has 0 bridgehead atoms. The maximum atomic E-state index is 14.0. The van der Waals surface area contributed by atoms with Crippen LogP contribution in [0.3, 0.4) is 0 Å². The van der Waals surface area contributed by atoms with Crippen LogP contribution in [0.1, 0.15) is 50.4 Å². The molecule has 3 amide bonds. The molecule has 2 aromatic carbocycles. The van der Waals surface area contributed by atoms with Gasteiger partial charge in [0.1, 0.15) is 30.8 Å². The lowest BCUT2D eigenvalue weighted by Gasteiger charge is -2.33. The van der Waals surface area contributed by atoms with Crippen LogP contribution in [0, 0.1) is 11.3 Å². The Morgan fingerprint density at radius 3 is 2.18 bits per heavy atom. The molecule has 2 unspecified atom stereocenters. The molecule has 0 saturated carbocycles. The van der Waals surface area contributed by atoms with Crippen LogP contribution in [-0.2, 0) is 36.7 Å². The second-order valence-corrected chi connectivity index (χ2v) is 9.80. The Kier molecular flexibility index (Phi) is 11.5. The van der Waals surface area contributed by atoms with Crippen molar-refractivity contribution in [2.45, 2.75) is 58.2 Å². The number of esters is 1. The van der Waals surface area contributed by atoms with Crippen LogP contribution in [0.15, 0.2) is 54.6 Å². The van der Waals surface area contributed by atoms with Gasteiger partial charge in [-0.25, -0.2) is 4.79 Å². The zero-order valence-corrected chi connectivity index (χ0v) is 23.0. The first-order valence-electron chi connectivity index (χ1n) is 12.6. The van der Waals surface area contributed by atoms with Gasteiger partial charge in [0.2, 0.25) is 11.8 Å². The van der Waals surface area contributed by atoms with Crippen LogP contribution in [0.25, 0.3) is 0 Å². The fourth-order valence-electron chi connectivity index (χ4n) is 3.81. The van der Waals surface area contributed by atoms with Gasteiger partial charge >= 0.3 is 12.1 Å². The summed E-state index contributed by atoms with van der Waals surface area (Å²) in [6.07, 6.45) is 0.0402.